The van der Waals surface area contributed by atoms with Crippen molar-refractivity contribution in [3.05, 3.63) is 11.6 Å². The molecule has 116 valence electrons. The standard InChI is InChI=1S/C19H28O2/c1-18-9-7-13(20)11-12(18)3-4-14-15-5-6-17(21)19(15,2)10-8-16(14)18/h11,14-17,21H,3-10H2,1-2H3/t14-,15+,16-,17+,18+,19+/m0/s1. The van der Waals surface area contributed by atoms with Crippen LogP contribution in [0.2, 0.25) is 0 Å². The van der Waals surface area contributed by atoms with Gasteiger partial charge in [-0.1, -0.05) is 19.4 Å². The lowest BCUT2D eigenvalue weighted by Gasteiger charge is -2.57. The first-order valence-electron chi connectivity index (χ1n) is 8.87. The first kappa shape index (κ1) is 14.0. The van der Waals surface area contributed by atoms with E-state index in [1.165, 1.54) is 31.3 Å². The summed E-state index contributed by atoms with van der Waals surface area (Å²) in [4.78, 5) is 11.8. The number of ketones is 1. The van der Waals surface area contributed by atoms with Gasteiger partial charge in [0.15, 0.2) is 5.78 Å². The average molecular weight is 288 g/mol. The summed E-state index contributed by atoms with van der Waals surface area (Å²) in [5.41, 5.74) is 1.89. The predicted octanol–water partition coefficient (Wildman–Crippen LogP) is 3.88. The molecule has 4 aliphatic rings. The lowest BCUT2D eigenvalue weighted by atomic mass is 9.47. The lowest BCUT2D eigenvalue weighted by Crippen LogP contribution is -2.51. The highest BCUT2D eigenvalue weighted by Gasteiger charge is 2.58. The number of aliphatic hydroxyl groups excluding tert-OH is 1. The maximum atomic E-state index is 11.8. The topological polar surface area (TPSA) is 37.3 Å². The Morgan fingerprint density at radius 3 is 2.67 bits per heavy atom. The van der Waals surface area contributed by atoms with Crippen molar-refractivity contribution in [2.24, 2.45) is 28.6 Å². The van der Waals surface area contributed by atoms with E-state index in [9.17, 15) is 9.90 Å². The molecule has 0 heterocycles. The third-order valence-electron chi connectivity index (χ3n) is 7.91. The number of carbonyl (C=O) groups excluding carboxylic acids is 1. The number of hydrogen-bond acceptors (Lipinski definition) is 2. The number of fused-ring (bicyclic) bond motifs is 5. The van der Waals surface area contributed by atoms with Gasteiger partial charge in [-0.05, 0) is 79.6 Å². The fourth-order valence-electron chi connectivity index (χ4n) is 6.53. The molecule has 0 bridgehead atoms. The van der Waals surface area contributed by atoms with Crippen LogP contribution in [0.5, 0.6) is 0 Å². The van der Waals surface area contributed by atoms with Gasteiger partial charge in [0.25, 0.3) is 0 Å². The molecule has 0 aromatic carbocycles. The molecular weight excluding hydrogens is 260 g/mol. The van der Waals surface area contributed by atoms with Gasteiger partial charge in [0, 0.05) is 6.42 Å². The van der Waals surface area contributed by atoms with E-state index in [1.54, 1.807) is 0 Å². The quantitative estimate of drug-likeness (QED) is 0.734. The highest BCUT2D eigenvalue weighted by atomic mass is 16.3. The summed E-state index contributed by atoms with van der Waals surface area (Å²) in [5.74, 6) is 2.57. The van der Waals surface area contributed by atoms with Crippen LogP contribution in [0.1, 0.15) is 65.2 Å². The summed E-state index contributed by atoms with van der Waals surface area (Å²) in [6, 6.07) is 0. The Labute approximate surface area is 128 Å². The minimum Gasteiger partial charge on any atom is -0.393 e. The molecule has 0 spiro atoms. The van der Waals surface area contributed by atoms with Crippen molar-refractivity contribution in [1.29, 1.82) is 0 Å². The van der Waals surface area contributed by atoms with Crippen LogP contribution in [0.25, 0.3) is 0 Å². The summed E-state index contributed by atoms with van der Waals surface area (Å²) in [6.07, 6.45) is 10.7. The highest BCUT2D eigenvalue weighted by Crippen LogP contribution is 2.65. The van der Waals surface area contributed by atoms with Crippen molar-refractivity contribution in [1.82, 2.24) is 0 Å². The molecule has 0 aromatic heterocycles. The van der Waals surface area contributed by atoms with Crippen LogP contribution in [0, 0.1) is 28.6 Å². The zero-order valence-corrected chi connectivity index (χ0v) is 13.4. The Hall–Kier alpha value is -0.630. The number of allylic oxidation sites excluding steroid dienone is 1. The number of aliphatic hydroxyl groups is 1. The molecule has 0 unspecified atom stereocenters. The fourth-order valence-corrected chi connectivity index (χ4v) is 6.53. The van der Waals surface area contributed by atoms with Crippen molar-refractivity contribution in [2.45, 2.75) is 71.3 Å². The second-order valence-electron chi connectivity index (χ2n) is 8.61. The molecule has 3 fully saturated rings. The van der Waals surface area contributed by atoms with Gasteiger partial charge in [0.2, 0.25) is 0 Å². The largest absolute Gasteiger partial charge is 0.393 e. The Morgan fingerprint density at radius 1 is 1.05 bits per heavy atom. The SMILES string of the molecule is C[C@@]12CC[C@H]3[C@@H](CCC4=CC(=O)CC[C@]43C)[C@H]1CC[C@H]2O. The summed E-state index contributed by atoms with van der Waals surface area (Å²) in [7, 11) is 0. The zero-order valence-electron chi connectivity index (χ0n) is 13.4. The summed E-state index contributed by atoms with van der Waals surface area (Å²) in [5, 5.41) is 10.4. The predicted molar refractivity (Wildman–Crippen MR) is 82.7 cm³/mol. The van der Waals surface area contributed by atoms with E-state index < -0.39 is 0 Å². The summed E-state index contributed by atoms with van der Waals surface area (Å²) in [6.45, 7) is 4.76. The molecule has 4 aliphatic carbocycles. The van der Waals surface area contributed by atoms with Gasteiger partial charge < -0.3 is 5.11 Å². The van der Waals surface area contributed by atoms with Crippen LogP contribution in [0.15, 0.2) is 11.6 Å². The molecule has 1 N–H and O–H groups in total. The van der Waals surface area contributed by atoms with Crippen LogP contribution < -0.4 is 0 Å². The first-order valence-corrected chi connectivity index (χ1v) is 8.87. The number of carbonyl (C=O) groups is 1. The molecule has 0 aliphatic heterocycles. The van der Waals surface area contributed by atoms with Crippen molar-refractivity contribution in [3.63, 3.8) is 0 Å². The van der Waals surface area contributed by atoms with Crippen LogP contribution in [-0.4, -0.2) is 17.0 Å². The Bertz CT molecular complexity index is 508. The van der Waals surface area contributed by atoms with Gasteiger partial charge in [-0.15, -0.1) is 0 Å². The first-order chi connectivity index (χ1) is 9.95. The minimum absolute atomic E-state index is 0.0823. The van der Waals surface area contributed by atoms with Crippen LogP contribution in [0.4, 0.5) is 0 Å². The molecule has 0 amide bonds. The number of hydrogen-bond donors (Lipinski definition) is 1. The van der Waals surface area contributed by atoms with Crippen molar-refractivity contribution in [2.75, 3.05) is 0 Å². The van der Waals surface area contributed by atoms with E-state index in [-0.39, 0.29) is 16.9 Å². The molecule has 4 rings (SSSR count). The zero-order chi connectivity index (χ0) is 14.8. The molecule has 2 nitrogen and oxygen atoms in total. The van der Waals surface area contributed by atoms with E-state index >= 15 is 0 Å². The third kappa shape index (κ3) is 1.78. The third-order valence-corrected chi connectivity index (χ3v) is 7.91. The maximum Gasteiger partial charge on any atom is 0.155 e. The van der Waals surface area contributed by atoms with Crippen molar-refractivity contribution in [3.8, 4) is 0 Å². The van der Waals surface area contributed by atoms with E-state index in [1.807, 2.05) is 6.08 Å². The molecule has 0 radical (unpaired) electrons. The second kappa shape index (κ2) is 4.44. The molecule has 0 saturated heterocycles. The van der Waals surface area contributed by atoms with Gasteiger partial charge in [-0.3, -0.25) is 4.79 Å². The van der Waals surface area contributed by atoms with Crippen molar-refractivity contribution < 1.29 is 9.90 Å². The summed E-state index contributed by atoms with van der Waals surface area (Å²) < 4.78 is 0. The van der Waals surface area contributed by atoms with Gasteiger partial charge in [0.1, 0.15) is 0 Å². The molecule has 0 aromatic rings. The van der Waals surface area contributed by atoms with Gasteiger partial charge in [-0.25, -0.2) is 0 Å². The minimum atomic E-state index is -0.0823. The molecule has 21 heavy (non-hydrogen) atoms. The monoisotopic (exact) mass is 288 g/mol. The Morgan fingerprint density at radius 2 is 1.86 bits per heavy atom. The smallest absolute Gasteiger partial charge is 0.155 e. The van der Waals surface area contributed by atoms with Gasteiger partial charge >= 0.3 is 0 Å². The van der Waals surface area contributed by atoms with E-state index in [2.05, 4.69) is 13.8 Å². The normalized spacial score (nSPS) is 52.7. The van der Waals surface area contributed by atoms with Crippen LogP contribution >= 0.6 is 0 Å². The van der Waals surface area contributed by atoms with E-state index in [0.717, 1.165) is 37.5 Å². The molecule has 6 atom stereocenters. The molecule has 3 saturated carbocycles. The maximum absolute atomic E-state index is 11.8. The Kier molecular flexibility index (Phi) is 2.96. The van der Waals surface area contributed by atoms with E-state index in [4.69, 9.17) is 0 Å². The highest BCUT2D eigenvalue weighted by molar-refractivity contribution is 5.91. The number of rotatable bonds is 0. The lowest BCUT2D eigenvalue weighted by molar-refractivity contribution is -0.118. The van der Waals surface area contributed by atoms with Gasteiger partial charge in [-0.2, -0.15) is 0 Å². The van der Waals surface area contributed by atoms with Crippen molar-refractivity contribution >= 4 is 5.78 Å². The fraction of sp³-hybridized carbons (Fsp3) is 0.842. The van der Waals surface area contributed by atoms with Gasteiger partial charge in [0.05, 0.1) is 6.10 Å². The van der Waals surface area contributed by atoms with Crippen LogP contribution in [0.3, 0.4) is 0 Å². The van der Waals surface area contributed by atoms with E-state index in [0.29, 0.717) is 11.7 Å². The van der Waals surface area contributed by atoms with Crippen LogP contribution in [-0.2, 0) is 4.79 Å². The summed E-state index contributed by atoms with van der Waals surface area (Å²) >= 11 is 0. The molecular formula is C19H28O2. The average Bonchev–Trinajstić information content (AvgIpc) is 2.76. The molecule has 2 heteroatoms. The second-order valence-corrected chi connectivity index (χ2v) is 8.61. The Balaban J connectivity index is 1.69.